The second-order valence-electron chi connectivity index (χ2n) is 9.11. The van der Waals surface area contributed by atoms with Crippen molar-refractivity contribution in [2.75, 3.05) is 44.7 Å². The molecular weight excluding hydrogens is 499 g/mol. The first-order valence-corrected chi connectivity index (χ1v) is 13.0. The van der Waals surface area contributed by atoms with Crippen LogP contribution in [0, 0.1) is 6.92 Å². The SMILES string of the molecule is CCc1nc(C)c2c(=O)n(CCCN3CCN(c4cc(Cl)cc(Cl)c4)CC3)c3ccc(OC)nc3n12. The fraction of sp³-hybridized carbons (Fsp3) is 0.423. The fourth-order valence-corrected chi connectivity index (χ4v) is 5.59. The predicted molar refractivity (Wildman–Crippen MR) is 145 cm³/mol. The van der Waals surface area contributed by atoms with E-state index >= 15 is 0 Å². The quantitative estimate of drug-likeness (QED) is 0.353. The van der Waals surface area contributed by atoms with Crippen LogP contribution in [-0.2, 0) is 13.0 Å². The van der Waals surface area contributed by atoms with Gasteiger partial charge in [0.1, 0.15) is 11.3 Å². The molecule has 0 unspecified atom stereocenters. The summed E-state index contributed by atoms with van der Waals surface area (Å²) in [6, 6.07) is 9.41. The van der Waals surface area contributed by atoms with E-state index in [4.69, 9.17) is 32.9 Å². The first kappa shape index (κ1) is 24.9. The molecule has 10 heteroatoms. The van der Waals surface area contributed by atoms with E-state index in [0.29, 0.717) is 40.1 Å². The molecule has 36 heavy (non-hydrogen) atoms. The van der Waals surface area contributed by atoms with E-state index in [-0.39, 0.29) is 5.56 Å². The number of aromatic nitrogens is 4. The molecule has 0 bridgehead atoms. The first-order valence-electron chi connectivity index (χ1n) is 12.3. The number of pyridine rings is 1. The molecule has 0 saturated carbocycles. The summed E-state index contributed by atoms with van der Waals surface area (Å²) in [7, 11) is 1.60. The van der Waals surface area contributed by atoms with Crippen LogP contribution in [0.3, 0.4) is 0 Å². The smallest absolute Gasteiger partial charge is 0.277 e. The molecule has 1 saturated heterocycles. The molecular formula is C26H30Cl2N6O2. The molecule has 0 radical (unpaired) electrons. The summed E-state index contributed by atoms with van der Waals surface area (Å²) in [6.45, 7) is 9.14. The minimum atomic E-state index is -0.0261. The van der Waals surface area contributed by atoms with E-state index in [1.165, 1.54) is 0 Å². The van der Waals surface area contributed by atoms with Crippen LogP contribution in [-0.4, -0.2) is 63.7 Å². The Labute approximate surface area is 220 Å². The summed E-state index contributed by atoms with van der Waals surface area (Å²) in [6.07, 6.45) is 1.56. The van der Waals surface area contributed by atoms with Crippen molar-refractivity contribution in [1.29, 1.82) is 0 Å². The van der Waals surface area contributed by atoms with E-state index in [9.17, 15) is 4.79 Å². The van der Waals surface area contributed by atoms with Gasteiger partial charge < -0.3 is 14.2 Å². The summed E-state index contributed by atoms with van der Waals surface area (Å²) in [5.41, 5.74) is 3.85. The van der Waals surface area contributed by atoms with Gasteiger partial charge in [0.2, 0.25) is 5.88 Å². The van der Waals surface area contributed by atoms with E-state index < -0.39 is 0 Å². The van der Waals surface area contributed by atoms with Crippen LogP contribution < -0.4 is 15.2 Å². The number of halogens is 2. The third-order valence-electron chi connectivity index (χ3n) is 6.87. The standard InChI is InChI=1S/C26H30Cl2N6O2/c1-4-22-29-17(2)24-26(35)33(21-6-7-23(36-3)30-25(21)34(22)24)9-5-8-31-10-12-32(13-11-31)20-15-18(27)14-19(28)16-20/h6-7,14-16H,4-5,8-13H2,1-3H3. The van der Waals surface area contributed by atoms with Gasteiger partial charge in [-0.05, 0) is 44.2 Å². The number of methoxy groups -OCH3 is 1. The van der Waals surface area contributed by atoms with Crippen LogP contribution in [0.4, 0.5) is 5.69 Å². The Morgan fingerprint density at radius 1 is 1.00 bits per heavy atom. The minimum absolute atomic E-state index is 0.0261. The Balaban J connectivity index is 1.34. The zero-order chi connectivity index (χ0) is 25.4. The van der Waals surface area contributed by atoms with Crippen LogP contribution >= 0.6 is 23.2 Å². The number of hydrogen-bond donors (Lipinski definition) is 0. The van der Waals surface area contributed by atoms with Gasteiger partial charge in [-0.3, -0.25) is 14.1 Å². The lowest BCUT2D eigenvalue weighted by molar-refractivity contribution is 0.250. The molecule has 1 fully saturated rings. The van der Waals surface area contributed by atoms with Crippen molar-refractivity contribution in [2.24, 2.45) is 0 Å². The van der Waals surface area contributed by atoms with Crippen molar-refractivity contribution in [3.05, 3.63) is 62.2 Å². The van der Waals surface area contributed by atoms with Gasteiger partial charge in [0.05, 0.1) is 18.3 Å². The van der Waals surface area contributed by atoms with E-state index in [1.807, 2.05) is 41.0 Å². The van der Waals surface area contributed by atoms with Gasteiger partial charge >= 0.3 is 0 Å². The highest BCUT2D eigenvalue weighted by molar-refractivity contribution is 6.35. The zero-order valence-corrected chi connectivity index (χ0v) is 22.3. The number of aryl methyl sites for hydroxylation is 3. The predicted octanol–water partition coefficient (Wildman–Crippen LogP) is 4.44. The van der Waals surface area contributed by atoms with Crippen molar-refractivity contribution in [2.45, 2.75) is 33.2 Å². The van der Waals surface area contributed by atoms with Gasteiger partial charge in [0.15, 0.2) is 5.65 Å². The Bertz CT molecular complexity index is 1450. The average Bonchev–Trinajstić information content (AvgIpc) is 3.22. The van der Waals surface area contributed by atoms with Crippen LogP contribution in [0.15, 0.2) is 35.1 Å². The van der Waals surface area contributed by atoms with Gasteiger partial charge in [-0.15, -0.1) is 0 Å². The topological polar surface area (TPSA) is 67.9 Å². The number of imidazole rings is 1. The second-order valence-corrected chi connectivity index (χ2v) is 9.99. The van der Waals surface area contributed by atoms with Crippen LogP contribution in [0.25, 0.3) is 16.7 Å². The monoisotopic (exact) mass is 528 g/mol. The largest absolute Gasteiger partial charge is 0.481 e. The molecule has 4 heterocycles. The number of nitrogens with zero attached hydrogens (tertiary/aromatic N) is 6. The highest BCUT2D eigenvalue weighted by Crippen LogP contribution is 2.26. The number of anilines is 1. The van der Waals surface area contributed by atoms with Gasteiger partial charge in [-0.2, -0.15) is 4.98 Å². The molecule has 0 atom stereocenters. The number of piperazine rings is 1. The van der Waals surface area contributed by atoms with Gasteiger partial charge in [-0.25, -0.2) is 4.98 Å². The Hall–Kier alpha value is -2.81. The van der Waals surface area contributed by atoms with Crippen molar-refractivity contribution >= 4 is 45.6 Å². The maximum atomic E-state index is 13.6. The number of rotatable bonds is 7. The highest BCUT2D eigenvalue weighted by atomic mass is 35.5. The first-order chi connectivity index (χ1) is 17.4. The molecule has 0 N–H and O–H groups in total. The molecule has 0 aliphatic carbocycles. The number of ether oxygens (including phenoxy) is 1. The lowest BCUT2D eigenvalue weighted by Crippen LogP contribution is -2.46. The van der Waals surface area contributed by atoms with Gasteiger partial charge in [0, 0.05) is 60.9 Å². The van der Waals surface area contributed by atoms with Crippen LogP contribution in [0.5, 0.6) is 5.88 Å². The second kappa shape index (κ2) is 10.3. The maximum Gasteiger partial charge on any atom is 0.277 e. The van der Waals surface area contributed by atoms with E-state index in [0.717, 1.165) is 61.9 Å². The van der Waals surface area contributed by atoms with Crippen molar-refractivity contribution < 1.29 is 4.74 Å². The summed E-state index contributed by atoms with van der Waals surface area (Å²) in [5, 5.41) is 1.31. The minimum Gasteiger partial charge on any atom is -0.481 e. The van der Waals surface area contributed by atoms with E-state index in [2.05, 4.69) is 14.8 Å². The molecule has 4 aromatic rings. The molecule has 1 aliphatic heterocycles. The molecule has 5 rings (SSSR count). The summed E-state index contributed by atoms with van der Waals surface area (Å²) in [4.78, 5) is 27.7. The Morgan fingerprint density at radius 2 is 1.72 bits per heavy atom. The van der Waals surface area contributed by atoms with Crippen molar-refractivity contribution in [3.8, 4) is 5.88 Å². The average molecular weight is 529 g/mol. The lowest BCUT2D eigenvalue weighted by Gasteiger charge is -2.36. The zero-order valence-electron chi connectivity index (χ0n) is 20.8. The molecule has 0 amide bonds. The Morgan fingerprint density at radius 3 is 2.39 bits per heavy atom. The normalized spacial score (nSPS) is 14.8. The van der Waals surface area contributed by atoms with Crippen LogP contribution in [0.2, 0.25) is 10.0 Å². The highest BCUT2D eigenvalue weighted by Gasteiger charge is 2.20. The fourth-order valence-electron chi connectivity index (χ4n) is 5.08. The molecule has 8 nitrogen and oxygen atoms in total. The number of fused-ring (bicyclic) bond motifs is 3. The van der Waals surface area contributed by atoms with Crippen molar-refractivity contribution in [3.63, 3.8) is 0 Å². The van der Waals surface area contributed by atoms with E-state index in [1.54, 1.807) is 19.2 Å². The number of hydrogen-bond acceptors (Lipinski definition) is 6. The van der Waals surface area contributed by atoms with Crippen molar-refractivity contribution in [1.82, 2.24) is 23.8 Å². The molecule has 1 aliphatic rings. The molecule has 3 aromatic heterocycles. The summed E-state index contributed by atoms with van der Waals surface area (Å²) < 4.78 is 9.12. The number of benzene rings is 1. The Kier molecular flexibility index (Phi) is 7.10. The van der Waals surface area contributed by atoms with Gasteiger partial charge in [0.25, 0.3) is 5.56 Å². The lowest BCUT2D eigenvalue weighted by atomic mass is 10.2. The van der Waals surface area contributed by atoms with Crippen LogP contribution in [0.1, 0.15) is 24.9 Å². The molecule has 0 spiro atoms. The maximum absolute atomic E-state index is 13.6. The summed E-state index contributed by atoms with van der Waals surface area (Å²) >= 11 is 12.4. The molecule has 190 valence electrons. The summed E-state index contributed by atoms with van der Waals surface area (Å²) in [5.74, 6) is 1.35. The van der Waals surface area contributed by atoms with Gasteiger partial charge in [-0.1, -0.05) is 30.1 Å². The third-order valence-corrected chi connectivity index (χ3v) is 7.30. The molecule has 1 aromatic carbocycles. The third kappa shape index (κ3) is 4.65.